The van der Waals surface area contributed by atoms with Crippen LogP contribution in [0.2, 0.25) is 5.15 Å². The third kappa shape index (κ3) is 4.17. The van der Waals surface area contributed by atoms with E-state index in [1.807, 2.05) is 18.2 Å². The number of halogens is 1. The van der Waals surface area contributed by atoms with Gasteiger partial charge in [0.1, 0.15) is 11.5 Å². The highest BCUT2D eigenvalue weighted by Gasteiger charge is 2.13. The summed E-state index contributed by atoms with van der Waals surface area (Å²) in [5, 5.41) is 3.21. The van der Waals surface area contributed by atoms with Crippen molar-refractivity contribution in [3.05, 3.63) is 59.4 Å². The fourth-order valence-electron chi connectivity index (χ4n) is 2.65. The van der Waals surface area contributed by atoms with Gasteiger partial charge in [0, 0.05) is 31.1 Å². The molecule has 1 aliphatic rings. The average Bonchev–Trinajstić information content (AvgIpc) is 3.35. The van der Waals surface area contributed by atoms with Gasteiger partial charge >= 0.3 is 0 Å². The van der Waals surface area contributed by atoms with E-state index in [2.05, 4.69) is 20.3 Å². The third-order valence-electron chi connectivity index (χ3n) is 4.01. The molecule has 4 rings (SSSR count). The number of benzene rings is 1. The highest BCUT2D eigenvalue weighted by molar-refractivity contribution is 6.29. The molecule has 9 heteroatoms. The number of carbonyl (C=O) groups excluding carboxylic acids is 1. The van der Waals surface area contributed by atoms with Crippen LogP contribution in [0.5, 0.6) is 11.5 Å². The summed E-state index contributed by atoms with van der Waals surface area (Å²) in [5.74, 6) is 1.77. The molecule has 0 atom stereocenters. The van der Waals surface area contributed by atoms with Gasteiger partial charge in [0.05, 0.1) is 0 Å². The molecule has 0 unspecified atom stereocenters. The molecule has 3 heterocycles. The van der Waals surface area contributed by atoms with E-state index in [-0.39, 0.29) is 12.7 Å². The van der Waals surface area contributed by atoms with Crippen molar-refractivity contribution >= 4 is 17.5 Å². The molecule has 1 amide bonds. The topological polar surface area (TPSA) is 91.2 Å². The Balaban J connectivity index is 1.33. The average molecular weight is 386 g/mol. The highest BCUT2D eigenvalue weighted by atomic mass is 35.5. The third-order valence-corrected chi connectivity index (χ3v) is 4.20. The first-order valence-corrected chi connectivity index (χ1v) is 8.72. The summed E-state index contributed by atoms with van der Waals surface area (Å²) in [6.45, 7) is 0.647. The fourth-order valence-corrected chi connectivity index (χ4v) is 2.86. The van der Waals surface area contributed by atoms with Crippen LogP contribution in [0.3, 0.4) is 0 Å². The van der Waals surface area contributed by atoms with Crippen LogP contribution in [0.4, 0.5) is 0 Å². The Morgan fingerprint density at radius 2 is 2.11 bits per heavy atom. The molecule has 0 spiro atoms. The summed E-state index contributed by atoms with van der Waals surface area (Å²) in [6, 6.07) is 7.26. The molecule has 0 aliphatic carbocycles. The van der Waals surface area contributed by atoms with E-state index in [0.717, 1.165) is 11.3 Å². The van der Waals surface area contributed by atoms with Gasteiger partial charge in [0.25, 0.3) is 0 Å². The number of hydrogen-bond donors (Lipinski definition) is 1. The Bertz CT molecular complexity index is 962. The molecule has 0 saturated heterocycles. The first-order chi connectivity index (χ1) is 13.2. The summed E-state index contributed by atoms with van der Waals surface area (Å²) in [6.07, 6.45) is 5.70. The number of nitrogens with one attached hydrogen (secondary N) is 1. The van der Waals surface area contributed by atoms with Crippen LogP contribution in [0.15, 0.2) is 43.0 Å². The second-order valence-corrected chi connectivity index (χ2v) is 6.30. The molecular weight excluding hydrogens is 370 g/mol. The molecule has 0 radical (unpaired) electrons. The largest absolute Gasteiger partial charge is 0.454 e. The van der Waals surface area contributed by atoms with Crippen LogP contribution in [-0.4, -0.2) is 32.2 Å². The highest BCUT2D eigenvalue weighted by Crippen LogP contribution is 2.32. The van der Waals surface area contributed by atoms with E-state index in [9.17, 15) is 4.79 Å². The fraction of sp³-hybridized carbons (Fsp3) is 0.222. The van der Waals surface area contributed by atoms with Crippen molar-refractivity contribution in [1.29, 1.82) is 0 Å². The Morgan fingerprint density at radius 3 is 2.96 bits per heavy atom. The number of hydrogen-bond acceptors (Lipinski definition) is 6. The zero-order valence-corrected chi connectivity index (χ0v) is 15.0. The number of rotatable bonds is 6. The second kappa shape index (κ2) is 7.63. The van der Waals surface area contributed by atoms with Gasteiger partial charge in [0.15, 0.2) is 11.5 Å². The Hall–Kier alpha value is -3.13. The summed E-state index contributed by atoms with van der Waals surface area (Å²) in [4.78, 5) is 24.7. The second-order valence-electron chi connectivity index (χ2n) is 5.92. The van der Waals surface area contributed by atoms with E-state index >= 15 is 0 Å². The van der Waals surface area contributed by atoms with E-state index in [0.29, 0.717) is 41.9 Å². The van der Waals surface area contributed by atoms with Crippen molar-refractivity contribution < 1.29 is 14.3 Å². The zero-order chi connectivity index (χ0) is 18.6. The minimum Gasteiger partial charge on any atom is -0.454 e. The van der Waals surface area contributed by atoms with Gasteiger partial charge in [-0.25, -0.2) is 15.0 Å². The standard InChI is InChI=1S/C18H16ClN5O3/c19-16-8-13(22-18(23-16)24-6-5-20-10-24)2-4-17(25)21-9-12-1-3-14-15(7-12)27-11-26-14/h1,3,5-8,10H,2,4,9,11H2,(H,21,25). The molecule has 27 heavy (non-hydrogen) atoms. The predicted octanol–water partition coefficient (Wildman–Crippen LogP) is 2.29. The minimum atomic E-state index is -0.0772. The van der Waals surface area contributed by atoms with Crippen molar-refractivity contribution in [2.45, 2.75) is 19.4 Å². The number of aryl methyl sites for hydroxylation is 1. The molecule has 0 fully saturated rings. The van der Waals surface area contributed by atoms with E-state index in [1.165, 1.54) is 0 Å². The summed E-state index contributed by atoms with van der Waals surface area (Å²) < 4.78 is 12.3. The molecule has 1 aromatic carbocycles. The van der Waals surface area contributed by atoms with Crippen molar-refractivity contribution in [3.63, 3.8) is 0 Å². The van der Waals surface area contributed by atoms with Gasteiger partial charge in [-0.15, -0.1) is 0 Å². The predicted molar refractivity (Wildman–Crippen MR) is 96.9 cm³/mol. The van der Waals surface area contributed by atoms with Crippen LogP contribution >= 0.6 is 11.6 Å². The lowest BCUT2D eigenvalue weighted by Crippen LogP contribution is -2.23. The Morgan fingerprint density at radius 1 is 1.22 bits per heavy atom. The van der Waals surface area contributed by atoms with Gasteiger partial charge in [-0.1, -0.05) is 17.7 Å². The van der Waals surface area contributed by atoms with Crippen molar-refractivity contribution in [1.82, 2.24) is 24.8 Å². The summed E-state index contributed by atoms with van der Waals surface area (Å²) in [5.41, 5.74) is 1.64. The van der Waals surface area contributed by atoms with Gasteiger partial charge in [0.2, 0.25) is 18.6 Å². The summed E-state index contributed by atoms with van der Waals surface area (Å²) in [7, 11) is 0. The summed E-state index contributed by atoms with van der Waals surface area (Å²) >= 11 is 6.06. The van der Waals surface area contributed by atoms with Gasteiger partial charge in [-0.3, -0.25) is 9.36 Å². The molecular formula is C18H16ClN5O3. The molecule has 2 aromatic heterocycles. The van der Waals surface area contributed by atoms with Crippen molar-refractivity contribution in [2.24, 2.45) is 0 Å². The van der Waals surface area contributed by atoms with Gasteiger partial charge in [-0.05, 0) is 30.2 Å². The maximum absolute atomic E-state index is 12.2. The van der Waals surface area contributed by atoms with Crippen LogP contribution in [0, 0.1) is 0 Å². The maximum Gasteiger partial charge on any atom is 0.236 e. The SMILES string of the molecule is O=C(CCc1cc(Cl)nc(-n2ccnc2)n1)NCc1ccc2c(c1)OCO2. The number of amides is 1. The molecule has 0 bridgehead atoms. The van der Waals surface area contributed by atoms with Crippen LogP contribution < -0.4 is 14.8 Å². The van der Waals surface area contributed by atoms with E-state index in [1.54, 1.807) is 29.4 Å². The molecule has 138 valence electrons. The Labute approximate surface area is 160 Å². The first-order valence-electron chi connectivity index (χ1n) is 8.34. The normalized spacial score (nSPS) is 12.2. The smallest absolute Gasteiger partial charge is 0.236 e. The number of fused-ring (bicyclic) bond motifs is 1. The number of carbonyl (C=O) groups is 1. The molecule has 1 N–H and O–H groups in total. The van der Waals surface area contributed by atoms with E-state index in [4.69, 9.17) is 21.1 Å². The lowest BCUT2D eigenvalue weighted by Gasteiger charge is -2.07. The molecule has 8 nitrogen and oxygen atoms in total. The number of nitrogens with zero attached hydrogens (tertiary/aromatic N) is 4. The van der Waals surface area contributed by atoms with Crippen LogP contribution in [-0.2, 0) is 17.8 Å². The maximum atomic E-state index is 12.2. The Kier molecular flexibility index (Phi) is 4.88. The lowest BCUT2D eigenvalue weighted by atomic mass is 10.2. The molecule has 1 aliphatic heterocycles. The first kappa shape index (κ1) is 17.3. The van der Waals surface area contributed by atoms with Gasteiger partial charge in [-0.2, -0.15) is 0 Å². The van der Waals surface area contributed by atoms with Crippen molar-refractivity contribution in [3.8, 4) is 17.4 Å². The van der Waals surface area contributed by atoms with E-state index < -0.39 is 0 Å². The lowest BCUT2D eigenvalue weighted by molar-refractivity contribution is -0.121. The number of imidazole rings is 1. The van der Waals surface area contributed by atoms with Crippen LogP contribution in [0.1, 0.15) is 17.7 Å². The monoisotopic (exact) mass is 385 g/mol. The van der Waals surface area contributed by atoms with Gasteiger partial charge < -0.3 is 14.8 Å². The molecule has 0 saturated carbocycles. The zero-order valence-electron chi connectivity index (χ0n) is 14.3. The molecule has 3 aromatic rings. The minimum absolute atomic E-state index is 0.0772. The quantitative estimate of drug-likeness (QED) is 0.655. The van der Waals surface area contributed by atoms with Crippen molar-refractivity contribution in [2.75, 3.05) is 6.79 Å². The number of ether oxygens (including phenoxy) is 2. The number of aromatic nitrogens is 4. The van der Waals surface area contributed by atoms with Crippen LogP contribution in [0.25, 0.3) is 5.95 Å².